The second-order valence-electron chi connectivity index (χ2n) is 17.6. The highest BCUT2D eigenvalue weighted by molar-refractivity contribution is 5.98. The summed E-state index contributed by atoms with van der Waals surface area (Å²) in [7, 11) is 0. The molecule has 0 saturated carbocycles. The largest absolute Gasteiger partial charge is 0.310 e. The molecule has 1 aliphatic carbocycles. The minimum atomic E-state index is -0.564. The van der Waals surface area contributed by atoms with Crippen molar-refractivity contribution >= 4 is 44.9 Å². The van der Waals surface area contributed by atoms with Gasteiger partial charge >= 0.3 is 0 Å². The Hall–Kier alpha value is -8.72. The van der Waals surface area contributed by atoms with Gasteiger partial charge < -0.3 is 9.80 Å². The van der Waals surface area contributed by atoms with Crippen LogP contribution in [0.4, 0.5) is 34.1 Å². The van der Waals surface area contributed by atoms with Gasteiger partial charge in [-0.05, 0) is 138 Å². The van der Waals surface area contributed by atoms with Gasteiger partial charge in [0.15, 0.2) is 0 Å². The minimum Gasteiger partial charge on any atom is -0.310 e. The first kappa shape index (κ1) is 38.7. The Morgan fingerprint density at radius 1 is 0.284 bits per heavy atom. The normalized spacial score (nSPS) is 12.9. The average Bonchev–Trinajstić information content (AvgIpc) is 3.69. The van der Waals surface area contributed by atoms with E-state index in [0.29, 0.717) is 0 Å². The zero-order valence-corrected chi connectivity index (χ0v) is 36.8. The molecule has 67 heavy (non-hydrogen) atoms. The molecule has 2 nitrogen and oxygen atoms in total. The predicted octanol–water partition coefficient (Wildman–Crippen LogP) is 17.5. The summed E-state index contributed by atoms with van der Waals surface area (Å²) < 4.78 is 0. The third-order valence-electron chi connectivity index (χ3n) is 14.1. The molecule has 1 aliphatic heterocycles. The average molecular weight is 853 g/mol. The van der Waals surface area contributed by atoms with Crippen molar-refractivity contribution in [1.82, 2.24) is 0 Å². The fraction of sp³-hybridized carbons (Fsp3) is 0.0154. The van der Waals surface area contributed by atoms with E-state index in [1.165, 1.54) is 88.9 Å². The topological polar surface area (TPSA) is 6.48 Å². The Balaban J connectivity index is 0.963. The molecule has 2 heteroatoms. The van der Waals surface area contributed by atoms with Gasteiger partial charge in [0.1, 0.15) is 0 Å². The maximum absolute atomic E-state index is 2.48. The molecule has 0 radical (unpaired) electrons. The minimum absolute atomic E-state index is 0.564. The van der Waals surface area contributed by atoms with Crippen molar-refractivity contribution < 1.29 is 0 Å². The molecule has 0 saturated heterocycles. The molecular formula is C65H44N2. The highest BCUT2D eigenvalue weighted by atomic mass is 15.2. The second kappa shape index (κ2) is 15.8. The number of anilines is 6. The predicted molar refractivity (Wildman–Crippen MR) is 280 cm³/mol. The summed E-state index contributed by atoms with van der Waals surface area (Å²) in [4.78, 5) is 4.87. The van der Waals surface area contributed by atoms with Crippen molar-refractivity contribution in [2.45, 2.75) is 5.41 Å². The molecule has 0 N–H and O–H groups in total. The lowest BCUT2D eigenvalue weighted by Crippen LogP contribution is -2.36. The van der Waals surface area contributed by atoms with Gasteiger partial charge in [-0.3, -0.25) is 0 Å². The van der Waals surface area contributed by atoms with Crippen LogP contribution in [0, 0.1) is 0 Å². The molecule has 0 bridgehead atoms. The molecule has 11 aromatic rings. The summed E-state index contributed by atoms with van der Waals surface area (Å²) in [5, 5.41) is 2.52. The molecule has 2 aliphatic rings. The number of nitrogens with zero attached hydrogens (tertiary/aromatic N) is 2. The molecule has 1 heterocycles. The summed E-state index contributed by atoms with van der Waals surface area (Å²) >= 11 is 0. The van der Waals surface area contributed by atoms with Crippen LogP contribution in [0.5, 0.6) is 0 Å². The smallest absolute Gasteiger partial charge is 0.0755 e. The van der Waals surface area contributed by atoms with E-state index in [1.807, 2.05) is 0 Å². The molecule has 0 amide bonds. The quantitative estimate of drug-likeness (QED) is 0.158. The number of hydrogen-bond donors (Lipinski definition) is 0. The van der Waals surface area contributed by atoms with E-state index >= 15 is 0 Å². The SMILES string of the molecule is c1ccc(-c2ccc(N(c3ccc(-c4ccc(-c5cccc6ccccc56)cc4)cc3)c3ccc4c(c3)C3(c5ccccc5-4)c4ccccc4N(c4ccccc4)c4ccccc43)cc2)cc1. The van der Waals surface area contributed by atoms with E-state index in [0.717, 1.165) is 22.7 Å². The zero-order chi connectivity index (χ0) is 44.3. The van der Waals surface area contributed by atoms with Gasteiger partial charge in [-0.25, -0.2) is 0 Å². The van der Waals surface area contributed by atoms with E-state index in [4.69, 9.17) is 0 Å². The van der Waals surface area contributed by atoms with Crippen LogP contribution < -0.4 is 9.80 Å². The summed E-state index contributed by atoms with van der Waals surface area (Å²) in [6.45, 7) is 0. The molecule has 11 aromatic carbocycles. The zero-order valence-electron chi connectivity index (χ0n) is 36.8. The van der Waals surface area contributed by atoms with E-state index in [2.05, 4.69) is 277 Å². The maximum atomic E-state index is 2.48. The van der Waals surface area contributed by atoms with Crippen LogP contribution in [0.25, 0.3) is 55.3 Å². The third-order valence-corrected chi connectivity index (χ3v) is 14.1. The Bertz CT molecular complexity index is 3560. The van der Waals surface area contributed by atoms with Gasteiger partial charge in [0.2, 0.25) is 0 Å². The van der Waals surface area contributed by atoms with Crippen molar-refractivity contribution in [3.05, 3.63) is 289 Å². The number of rotatable bonds is 7. The van der Waals surface area contributed by atoms with Gasteiger partial charge in [0.05, 0.1) is 16.8 Å². The lowest BCUT2D eigenvalue weighted by Gasteiger charge is -2.45. The Kier molecular flexibility index (Phi) is 9.11. The van der Waals surface area contributed by atoms with Crippen LogP contribution >= 0.6 is 0 Å². The first-order chi connectivity index (χ1) is 33.2. The van der Waals surface area contributed by atoms with Gasteiger partial charge in [-0.15, -0.1) is 0 Å². The highest BCUT2D eigenvalue weighted by Gasteiger charge is 2.51. The molecule has 0 unspecified atom stereocenters. The molecule has 0 aromatic heterocycles. The van der Waals surface area contributed by atoms with Gasteiger partial charge in [0, 0.05) is 22.7 Å². The maximum Gasteiger partial charge on any atom is 0.0755 e. The second-order valence-corrected chi connectivity index (χ2v) is 17.6. The third kappa shape index (κ3) is 6.18. The van der Waals surface area contributed by atoms with Gasteiger partial charge in [-0.1, -0.05) is 206 Å². The Morgan fingerprint density at radius 2 is 0.731 bits per heavy atom. The lowest BCUT2D eigenvalue weighted by atomic mass is 9.64. The van der Waals surface area contributed by atoms with Gasteiger partial charge in [-0.2, -0.15) is 0 Å². The highest BCUT2D eigenvalue weighted by Crippen LogP contribution is 2.64. The number of fused-ring (bicyclic) bond motifs is 10. The van der Waals surface area contributed by atoms with E-state index in [9.17, 15) is 0 Å². The first-order valence-electron chi connectivity index (χ1n) is 23.2. The van der Waals surface area contributed by atoms with Gasteiger partial charge in [0.25, 0.3) is 0 Å². The first-order valence-corrected chi connectivity index (χ1v) is 23.2. The van der Waals surface area contributed by atoms with Crippen molar-refractivity contribution in [3.63, 3.8) is 0 Å². The molecule has 13 rings (SSSR count). The van der Waals surface area contributed by atoms with Crippen molar-refractivity contribution in [2.24, 2.45) is 0 Å². The van der Waals surface area contributed by atoms with Crippen molar-refractivity contribution in [2.75, 3.05) is 9.80 Å². The molecule has 0 atom stereocenters. The van der Waals surface area contributed by atoms with Crippen LogP contribution in [0.2, 0.25) is 0 Å². The summed E-state index contributed by atoms with van der Waals surface area (Å²) in [5.41, 5.74) is 21.1. The van der Waals surface area contributed by atoms with Crippen LogP contribution in [-0.4, -0.2) is 0 Å². The van der Waals surface area contributed by atoms with E-state index < -0.39 is 5.41 Å². The number of para-hydroxylation sites is 3. The molecule has 1 spiro atoms. The molecule has 0 fully saturated rings. The van der Waals surface area contributed by atoms with Crippen LogP contribution in [0.3, 0.4) is 0 Å². The number of benzene rings is 11. The van der Waals surface area contributed by atoms with Crippen LogP contribution in [-0.2, 0) is 5.41 Å². The fourth-order valence-corrected chi connectivity index (χ4v) is 11.1. The van der Waals surface area contributed by atoms with Crippen molar-refractivity contribution in [3.8, 4) is 44.5 Å². The fourth-order valence-electron chi connectivity index (χ4n) is 11.1. The van der Waals surface area contributed by atoms with Crippen LogP contribution in [0.1, 0.15) is 22.3 Å². The lowest BCUT2D eigenvalue weighted by molar-refractivity contribution is 0.752. The Labute approximate surface area is 391 Å². The summed E-state index contributed by atoms with van der Waals surface area (Å²) in [6, 6.07) is 98.0. The molecule has 314 valence electrons. The van der Waals surface area contributed by atoms with Crippen LogP contribution in [0.15, 0.2) is 267 Å². The Morgan fingerprint density at radius 3 is 1.39 bits per heavy atom. The van der Waals surface area contributed by atoms with E-state index in [1.54, 1.807) is 0 Å². The van der Waals surface area contributed by atoms with E-state index in [-0.39, 0.29) is 0 Å². The number of hydrogen-bond acceptors (Lipinski definition) is 2. The molecular weight excluding hydrogens is 809 g/mol. The van der Waals surface area contributed by atoms with Crippen molar-refractivity contribution in [1.29, 1.82) is 0 Å². The summed E-state index contributed by atoms with van der Waals surface area (Å²) in [5.74, 6) is 0. The summed E-state index contributed by atoms with van der Waals surface area (Å²) in [6.07, 6.45) is 0. The monoisotopic (exact) mass is 852 g/mol. The standard InChI is InChI=1S/C65H44N2/c1-3-16-45(17-4-1)47-34-38-52(39-35-47)66(53-40-36-48(37-41-53)46-30-32-50(33-31-46)56-24-15-19-49-18-7-8-22-55(49)56)54-42-43-58-57-23-9-10-25-59(57)65(62(58)44-54)60-26-11-13-28-63(60)67(51-20-5-2-6-21-51)64-29-14-12-27-61(64)65/h1-44H.